The Balaban J connectivity index is 1.66. The van der Waals surface area contributed by atoms with Crippen LogP contribution in [0.15, 0.2) is 60.8 Å². The van der Waals surface area contributed by atoms with E-state index in [0.29, 0.717) is 6.42 Å². The molecule has 0 aliphatic carbocycles. The summed E-state index contributed by atoms with van der Waals surface area (Å²) in [6.45, 7) is 0.133. The highest BCUT2D eigenvalue weighted by Crippen LogP contribution is 2.19. The molecule has 0 bridgehead atoms. The molecular weight excluding hydrogens is 332 g/mol. The van der Waals surface area contributed by atoms with Gasteiger partial charge in [0.15, 0.2) is 0 Å². The molecule has 2 N–H and O–H groups in total. The molecule has 134 valence electrons. The minimum atomic E-state index is -0.831. The smallest absolute Gasteiger partial charge is 0.408 e. The second-order valence-corrected chi connectivity index (χ2v) is 5.85. The molecule has 2 aromatic carbocycles. The number of H-pyrrole nitrogens is 1. The maximum absolute atomic E-state index is 12.1. The third kappa shape index (κ3) is 4.22. The lowest BCUT2D eigenvalue weighted by molar-refractivity contribution is -0.142. The van der Waals surface area contributed by atoms with E-state index in [-0.39, 0.29) is 6.61 Å². The zero-order valence-corrected chi connectivity index (χ0v) is 14.4. The van der Waals surface area contributed by atoms with E-state index >= 15 is 0 Å². The third-order valence-corrected chi connectivity index (χ3v) is 4.09. The van der Waals surface area contributed by atoms with Crippen molar-refractivity contribution in [3.05, 3.63) is 71.9 Å². The van der Waals surface area contributed by atoms with E-state index in [4.69, 9.17) is 9.47 Å². The molecular formula is C20H20N2O4. The van der Waals surface area contributed by atoms with E-state index in [2.05, 4.69) is 10.3 Å². The lowest BCUT2D eigenvalue weighted by Gasteiger charge is -2.16. The van der Waals surface area contributed by atoms with Crippen LogP contribution in [0.5, 0.6) is 0 Å². The Morgan fingerprint density at radius 2 is 1.81 bits per heavy atom. The van der Waals surface area contributed by atoms with Crippen molar-refractivity contribution in [2.24, 2.45) is 0 Å². The maximum Gasteiger partial charge on any atom is 0.408 e. The van der Waals surface area contributed by atoms with E-state index in [1.54, 1.807) is 0 Å². The number of aromatic amines is 1. The molecule has 0 saturated heterocycles. The van der Waals surface area contributed by atoms with E-state index in [1.165, 1.54) is 7.11 Å². The van der Waals surface area contributed by atoms with Gasteiger partial charge in [-0.3, -0.25) is 0 Å². The number of para-hydroxylation sites is 1. The zero-order chi connectivity index (χ0) is 18.4. The number of amides is 1. The van der Waals surface area contributed by atoms with Crippen LogP contribution in [0.1, 0.15) is 11.1 Å². The largest absolute Gasteiger partial charge is 0.467 e. The summed E-state index contributed by atoms with van der Waals surface area (Å²) in [7, 11) is 1.29. The number of esters is 1. The summed E-state index contributed by atoms with van der Waals surface area (Å²) in [6.07, 6.45) is 1.47. The highest BCUT2D eigenvalue weighted by Gasteiger charge is 2.24. The molecule has 3 rings (SSSR count). The van der Waals surface area contributed by atoms with Gasteiger partial charge in [0, 0.05) is 23.5 Å². The first kappa shape index (κ1) is 17.5. The maximum atomic E-state index is 12.1. The first-order valence-electron chi connectivity index (χ1n) is 8.27. The molecule has 0 unspecified atom stereocenters. The third-order valence-electron chi connectivity index (χ3n) is 4.09. The van der Waals surface area contributed by atoms with Gasteiger partial charge in [-0.25, -0.2) is 9.59 Å². The second-order valence-electron chi connectivity index (χ2n) is 5.85. The Labute approximate surface area is 151 Å². The van der Waals surface area contributed by atoms with E-state index < -0.39 is 18.1 Å². The molecule has 1 atom stereocenters. The Bertz CT molecular complexity index is 889. The van der Waals surface area contributed by atoms with Gasteiger partial charge in [-0.2, -0.15) is 0 Å². The Kier molecular flexibility index (Phi) is 5.53. The number of methoxy groups -OCH3 is 1. The van der Waals surface area contributed by atoms with E-state index in [1.807, 2.05) is 60.8 Å². The molecule has 1 amide bonds. The number of benzene rings is 2. The van der Waals surface area contributed by atoms with Crippen molar-refractivity contribution in [1.82, 2.24) is 10.3 Å². The molecule has 0 spiro atoms. The Hall–Kier alpha value is -3.28. The highest BCUT2D eigenvalue weighted by molar-refractivity contribution is 5.86. The summed E-state index contributed by atoms with van der Waals surface area (Å²) in [4.78, 5) is 27.3. The number of rotatable bonds is 6. The summed E-state index contributed by atoms with van der Waals surface area (Å²) in [5.74, 6) is -0.521. The topological polar surface area (TPSA) is 80.4 Å². The van der Waals surface area contributed by atoms with Crippen LogP contribution in [-0.4, -0.2) is 30.2 Å². The van der Waals surface area contributed by atoms with Crippen LogP contribution >= 0.6 is 0 Å². The molecule has 3 aromatic rings. The lowest BCUT2D eigenvalue weighted by Crippen LogP contribution is -2.43. The molecule has 26 heavy (non-hydrogen) atoms. The van der Waals surface area contributed by atoms with E-state index in [9.17, 15) is 9.59 Å². The van der Waals surface area contributed by atoms with Crippen LogP contribution in [0.2, 0.25) is 0 Å². The van der Waals surface area contributed by atoms with Crippen molar-refractivity contribution < 1.29 is 19.1 Å². The van der Waals surface area contributed by atoms with Crippen molar-refractivity contribution in [2.75, 3.05) is 7.11 Å². The van der Waals surface area contributed by atoms with Gasteiger partial charge in [-0.1, -0.05) is 48.5 Å². The SMILES string of the molecule is COC(=O)[C@H](Cc1c[nH]c2ccccc12)NC(=O)OCc1ccccc1. The summed E-state index contributed by atoms with van der Waals surface area (Å²) in [5.41, 5.74) is 2.76. The van der Waals surface area contributed by atoms with Gasteiger partial charge in [-0.15, -0.1) is 0 Å². The minimum absolute atomic E-state index is 0.133. The Morgan fingerprint density at radius 3 is 2.58 bits per heavy atom. The predicted molar refractivity (Wildman–Crippen MR) is 97.6 cm³/mol. The molecule has 0 saturated carbocycles. The molecule has 6 nitrogen and oxygen atoms in total. The number of carbonyl (C=O) groups excluding carboxylic acids is 2. The fourth-order valence-electron chi connectivity index (χ4n) is 2.76. The van der Waals surface area contributed by atoms with Crippen LogP contribution in [-0.2, 0) is 27.3 Å². The number of aromatic nitrogens is 1. The molecule has 1 heterocycles. The van der Waals surface area contributed by atoms with E-state index in [0.717, 1.165) is 22.0 Å². The van der Waals surface area contributed by atoms with Crippen molar-refractivity contribution in [3.63, 3.8) is 0 Å². The van der Waals surface area contributed by atoms with Gasteiger partial charge in [0.05, 0.1) is 7.11 Å². The fourth-order valence-corrected chi connectivity index (χ4v) is 2.76. The normalized spacial score (nSPS) is 11.7. The average molecular weight is 352 g/mol. The highest BCUT2D eigenvalue weighted by atomic mass is 16.6. The molecule has 6 heteroatoms. The number of nitrogens with one attached hydrogen (secondary N) is 2. The molecule has 0 aliphatic heterocycles. The van der Waals surface area contributed by atoms with Crippen molar-refractivity contribution in [3.8, 4) is 0 Å². The van der Waals surface area contributed by atoms with Crippen LogP contribution in [0.3, 0.4) is 0 Å². The second kappa shape index (κ2) is 8.20. The van der Waals surface area contributed by atoms with Gasteiger partial charge in [0.25, 0.3) is 0 Å². The average Bonchev–Trinajstić information content (AvgIpc) is 3.09. The van der Waals surface area contributed by atoms with Gasteiger partial charge in [0.2, 0.25) is 0 Å². The standard InChI is InChI=1S/C20H20N2O4/c1-25-19(23)18(11-15-12-21-17-10-6-5-9-16(15)17)22-20(24)26-13-14-7-3-2-4-8-14/h2-10,12,18,21H,11,13H2,1H3,(H,22,24)/t18-/m0/s1. The monoisotopic (exact) mass is 352 g/mol. The fraction of sp³-hybridized carbons (Fsp3) is 0.200. The van der Waals surface area contributed by atoms with Crippen LogP contribution in [0, 0.1) is 0 Å². The Morgan fingerprint density at radius 1 is 1.08 bits per heavy atom. The summed E-state index contributed by atoms with van der Waals surface area (Å²) < 4.78 is 10.0. The van der Waals surface area contributed by atoms with Crippen molar-refractivity contribution >= 4 is 23.0 Å². The first-order chi connectivity index (χ1) is 12.7. The molecule has 0 radical (unpaired) electrons. The quantitative estimate of drug-likeness (QED) is 0.668. The number of fused-ring (bicyclic) bond motifs is 1. The van der Waals surface area contributed by atoms with Gasteiger partial charge < -0.3 is 19.8 Å². The van der Waals surface area contributed by atoms with Crippen LogP contribution in [0.4, 0.5) is 4.79 Å². The van der Waals surface area contributed by atoms with Crippen molar-refractivity contribution in [1.29, 1.82) is 0 Å². The van der Waals surface area contributed by atoms with Gasteiger partial charge >= 0.3 is 12.1 Å². The predicted octanol–water partition coefficient (Wildman–Crippen LogP) is 3.18. The van der Waals surface area contributed by atoms with Crippen molar-refractivity contribution in [2.45, 2.75) is 19.1 Å². The van der Waals surface area contributed by atoms with Gasteiger partial charge in [0.1, 0.15) is 12.6 Å². The summed E-state index contributed by atoms with van der Waals surface area (Å²) >= 11 is 0. The lowest BCUT2D eigenvalue weighted by atomic mass is 10.1. The first-order valence-corrected chi connectivity index (χ1v) is 8.27. The number of ether oxygens (including phenoxy) is 2. The van der Waals surface area contributed by atoms with Gasteiger partial charge in [-0.05, 0) is 17.2 Å². The van der Waals surface area contributed by atoms with Crippen LogP contribution < -0.4 is 5.32 Å². The molecule has 0 aliphatic rings. The summed E-state index contributed by atoms with van der Waals surface area (Å²) in [6, 6.07) is 16.3. The molecule has 0 fully saturated rings. The number of carbonyl (C=O) groups is 2. The number of hydrogen-bond donors (Lipinski definition) is 2. The molecule has 1 aromatic heterocycles. The number of hydrogen-bond acceptors (Lipinski definition) is 4. The minimum Gasteiger partial charge on any atom is -0.467 e. The van der Waals surface area contributed by atoms with Crippen LogP contribution in [0.25, 0.3) is 10.9 Å². The zero-order valence-electron chi connectivity index (χ0n) is 14.4. The summed E-state index contributed by atoms with van der Waals surface area (Å²) in [5, 5.41) is 3.59. The number of alkyl carbamates (subject to hydrolysis) is 1.